The predicted octanol–water partition coefficient (Wildman–Crippen LogP) is 3.19. The van der Waals surface area contributed by atoms with Crippen LogP contribution in [0.4, 0.5) is 5.69 Å². The van der Waals surface area contributed by atoms with Crippen molar-refractivity contribution >= 4 is 35.0 Å². The van der Waals surface area contributed by atoms with Gasteiger partial charge in [0.05, 0.1) is 6.61 Å². The number of thioether (sulfide) groups is 1. The molecule has 0 saturated carbocycles. The molecular formula is C12H12ClNO2S. The van der Waals surface area contributed by atoms with Crippen molar-refractivity contribution in [2.75, 3.05) is 17.7 Å². The molecule has 17 heavy (non-hydrogen) atoms. The first-order valence-corrected chi connectivity index (χ1v) is 6.61. The Bertz CT molecular complexity index is 474. The van der Waals surface area contributed by atoms with Crippen LogP contribution in [0.5, 0.6) is 0 Å². The van der Waals surface area contributed by atoms with Crippen molar-refractivity contribution in [1.82, 2.24) is 0 Å². The van der Waals surface area contributed by atoms with E-state index in [2.05, 4.69) is 5.32 Å². The Kier molecular flexibility index (Phi) is 3.97. The highest BCUT2D eigenvalue weighted by molar-refractivity contribution is 8.02. The Balaban J connectivity index is 2.10. The highest BCUT2D eigenvalue weighted by Gasteiger charge is 2.15. The van der Waals surface area contributed by atoms with Crippen molar-refractivity contribution in [3.63, 3.8) is 0 Å². The monoisotopic (exact) mass is 269 g/mol. The first-order chi connectivity index (χ1) is 8.16. The van der Waals surface area contributed by atoms with Crippen LogP contribution in [0.3, 0.4) is 0 Å². The van der Waals surface area contributed by atoms with E-state index in [1.807, 2.05) is 13.0 Å². The van der Waals surface area contributed by atoms with Gasteiger partial charge in [0.1, 0.15) is 0 Å². The fourth-order valence-electron chi connectivity index (χ4n) is 1.44. The number of amides is 1. The smallest absolute Gasteiger partial charge is 0.291 e. The molecule has 0 unspecified atom stereocenters. The maximum atomic E-state index is 11.9. The van der Waals surface area contributed by atoms with Crippen LogP contribution >= 0.6 is 23.4 Å². The van der Waals surface area contributed by atoms with Gasteiger partial charge in [0.2, 0.25) is 0 Å². The van der Waals surface area contributed by atoms with Gasteiger partial charge in [-0.2, -0.15) is 0 Å². The molecule has 0 saturated heterocycles. The van der Waals surface area contributed by atoms with E-state index < -0.39 is 0 Å². The van der Waals surface area contributed by atoms with Gasteiger partial charge in [0.25, 0.3) is 5.91 Å². The Labute approximate surface area is 109 Å². The molecule has 3 nitrogen and oxygen atoms in total. The lowest BCUT2D eigenvalue weighted by Crippen LogP contribution is -2.19. The Morgan fingerprint density at radius 2 is 2.35 bits per heavy atom. The van der Waals surface area contributed by atoms with Crippen LogP contribution in [-0.2, 0) is 9.53 Å². The van der Waals surface area contributed by atoms with Crippen LogP contribution < -0.4 is 5.32 Å². The SMILES string of the molecule is Cc1cc(Cl)ccc1NC(=O)C1=CSCCO1. The van der Waals surface area contributed by atoms with E-state index in [1.165, 1.54) is 0 Å². The summed E-state index contributed by atoms with van der Waals surface area (Å²) in [6.07, 6.45) is 0. The molecule has 0 aliphatic carbocycles. The highest BCUT2D eigenvalue weighted by Crippen LogP contribution is 2.21. The molecule has 1 heterocycles. The van der Waals surface area contributed by atoms with Gasteiger partial charge in [0, 0.05) is 21.9 Å². The highest BCUT2D eigenvalue weighted by atomic mass is 35.5. The van der Waals surface area contributed by atoms with E-state index in [4.69, 9.17) is 16.3 Å². The van der Waals surface area contributed by atoms with Gasteiger partial charge in [-0.15, -0.1) is 11.8 Å². The molecule has 1 amide bonds. The third-order valence-electron chi connectivity index (χ3n) is 2.31. The number of carbonyl (C=O) groups excluding carboxylic acids is 1. The van der Waals surface area contributed by atoms with E-state index in [0.29, 0.717) is 17.4 Å². The molecule has 5 heteroatoms. The number of ether oxygens (including phenoxy) is 1. The summed E-state index contributed by atoms with van der Waals surface area (Å²) in [7, 11) is 0. The lowest BCUT2D eigenvalue weighted by atomic mass is 10.2. The number of rotatable bonds is 2. The third kappa shape index (κ3) is 3.17. The molecule has 0 aromatic heterocycles. The molecule has 1 aromatic carbocycles. The maximum Gasteiger partial charge on any atom is 0.291 e. The van der Waals surface area contributed by atoms with E-state index in [9.17, 15) is 4.79 Å². The van der Waals surface area contributed by atoms with Gasteiger partial charge >= 0.3 is 0 Å². The lowest BCUT2D eigenvalue weighted by Gasteiger charge is -2.15. The van der Waals surface area contributed by atoms with Crippen LogP contribution in [0.2, 0.25) is 5.02 Å². The normalized spacial score (nSPS) is 14.8. The molecule has 0 spiro atoms. The average molecular weight is 270 g/mol. The van der Waals surface area contributed by atoms with Gasteiger partial charge in [-0.3, -0.25) is 4.79 Å². The van der Waals surface area contributed by atoms with Gasteiger partial charge < -0.3 is 10.1 Å². The van der Waals surface area contributed by atoms with Crippen LogP contribution in [0.15, 0.2) is 29.4 Å². The van der Waals surface area contributed by atoms with Crippen LogP contribution in [0, 0.1) is 6.92 Å². The fraction of sp³-hybridized carbons (Fsp3) is 0.250. The lowest BCUT2D eigenvalue weighted by molar-refractivity contribution is -0.116. The summed E-state index contributed by atoms with van der Waals surface area (Å²) in [6, 6.07) is 5.34. The van der Waals surface area contributed by atoms with Gasteiger partial charge in [-0.1, -0.05) is 11.6 Å². The van der Waals surface area contributed by atoms with Crippen LogP contribution in [0.25, 0.3) is 0 Å². The standard InChI is InChI=1S/C12H12ClNO2S/c1-8-6-9(13)2-3-10(8)14-12(15)11-7-17-5-4-16-11/h2-3,6-7H,4-5H2,1H3,(H,14,15). The number of halogens is 1. The minimum atomic E-state index is -0.220. The summed E-state index contributed by atoms with van der Waals surface area (Å²) >= 11 is 7.43. The second-order valence-electron chi connectivity index (χ2n) is 3.61. The van der Waals surface area contributed by atoms with Gasteiger partial charge in [0.15, 0.2) is 5.76 Å². The summed E-state index contributed by atoms with van der Waals surface area (Å²) in [5, 5.41) is 5.20. The van der Waals surface area contributed by atoms with Crippen molar-refractivity contribution in [3.05, 3.63) is 40.0 Å². The largest absolute Gasteiger partial charge is 0.487 e. The molecule has 0 radical (unpaired) electrons. The molecule has 1 N–H and O–H groups in total. The third-order valence-corrected chi connectivity index (χ3v) is 3.33. The first-order valence-electron chi connectivity index (χ1n) is 5.19. The zero-order chi connectivity index (χ0) is 12.3. The molecule has 0 bridgehead atoms. The fourth-order valence-corrected chi connectivity index (χ4v) is 2.29. The molecule has 0 atom stereocenters. The van der Waals surface area contributed by atoms with E-state index in [-0.39, 0.29) is 5.91 Å². The van der Waals surface area contributed by atoms with Gasteiger partial charge in [-0.25, -0.2) is 0 Å². The first kappa shape index (κ1) is 12.3. The zero-order valence-corrected chi connectivity index (χ0v) is 10.9. The van der Waals surface area contributed by atoms with Crippen molar-refractivity contribution < 1.29 is 9.53 Å². The minimum absolute atomic E-state index is 0.220. The number of carbonyl (C=O) groups is 1. The molecular weight excluding hydrogens is 258 g/mol. The molecule has 2 rings (SSSR count). The Morgan fingerprint density at radius 1 is 1.53 bits per heavy atom. The number of hydrogen-bond donors (Lipinski definition) is 1. The number of anilines is 1. The van der Waals surface area contributed by atoms with Gasteiger partial charge in [-0.05, 0) is 30.7 Å². The maximum absolute atomic E-state index is 11.9. The quantitative estimate of drug-likeness (QED) is 0.896. The van der Waals surface area contributed by atoms with Crippen LogP contribution in [0.1, 0.15) is 5.56 Å². The molecule has 90 valence electrons. The summed E-state index contributed by atoms with van der Waals surface area (Å²) in [6.45, 7) is 2.47. The predicted molar refractivity (Wildman–Crippen MR) is 71.3 cm³/mol. The van der Waals surface area contributed by atoms with Crippen molar-refractivity contribution in [3.8, 4) is 0 Å². The second-order valence-corrected chi connectivity index (χ2v) is 5.03. The summed E-state index contributed by atoms with van der Waals surface area (Å²) in [4.78, 5) is 11.9. The number of nitrogens with one attached hydrogen (secondary N) is 1. The van der Waals surface area contributed by atoms with Crippen molar-refractivity contribution in [1.29, 1.82) is 0 Å². The van der Waals surface area contributed by atoms with E-state index in [1.54, 1.807) is 29.3 Å². The second kappa shape index (κ2) is 5.47. The van der Waals surface area contributed by atoms with Crippen molar-refractivity contribution in [2.45, 2.75) is 6.92 Å². The molecule has 1 aliphatic heterocycles. The zero-order valence-electron chi connectivity index (χ0n) is 9.33. The van der Waals surface area contributed by atoms with E-state index >= 15 is 0 Å². The average Bonchev–Trinajstić information content (AvgIpc) is 2.34. The molecule has 1 aliphatic rings. The number of hydrogen-bond acceptors (Lipinski definition) is 3. The van der Waals surface area contributed by atoms with Crippen molar-refractivity contribution in [2.24, 2.45) is 0 Å². The number of aryl methyl sites for hydroxylation is 1. The number of benzene rings is 1. The Morgan fingerprint density at radius 3 is 3.00 bits per heavy atom. The Hall–Kier alpha value is -1.13. The minimum Gasteiger partial charge on any atom is -0.487 e. The summed E-state index contributed by atoms with van der Waals surface area (Å²) in [5.41, 5.74) is 1.68. The summed E-state index contributed by atoms with van der Waals surface area (Å²) < 4.78 is 5.28. The summed E-state index contributed by atoms with van der Waals surface area (Å²) in [5.74, 6) is 1.04. The van der Waals surface area contributed by atoms with Crippen LogP contribution in [-0.4, -0.2) is 18.3 Å². The molecule has 1 aromatic rings. The topological polar surface area (TPSA) is 38.3 Å². The van der Waals surface area contributed by atoms with E-state index in [0.717, 1.165) is 17.0 Å². The molecule has 0 fully saturated rings.